The Bertz CT molecular complexity index is 1110. The lowest BCUT2D eigenvalue weighted by Gasteiger charge is -2.27. The van der Waals surface area contributed by atoms with Crippen molar-refractivity contribution < 1.29 is 32.5 Å². The number of carbonyl (C=O) groups is 1. The molecule has 0 saturated carbocycles. The van der Waals surface area contributed by atoms with Crippen LogP contribution in [0.5, 0.6) is 11.5 Å². The summed E-state index contributed by atoms with van der Waals surface area (Å²) in [6, 6.07) is 10.8. The van der Waals surface area contributed by atoms with E-state index in [1.165, 1.54) is 13.8 Å². The summed E-state index contributed by atoms with van der Waals surface area (Å²) in [6.45, 7) is 6.72. The summed E-state index contributed by atoms with van der Waals surface area (Å²) in [5.41, 5.74) is 1.30. The van der Waals surface area contributed by atoms with Crippen LogP contribution in [-0.4, -0.2) is 62.3 Å². The van der Waals surface area contributed by atoms with Crippen molar-refractivity contribution in [3.05, 3.63) is 57.6 Å². The van der Waals surface area contributed by atoms with Crippen LogP contribution in [0, 0.1) is 0 Å². The molecule has 0 aromatic heterocycles. The van der Waals surface area contributed by atoms with E-state index < -0.39 is 33.4 Å². The van der Waals surface area contributed by atoms with E-state index in [1.807, 2.05) is 26.0 Å². The van der Waals surface area contributed by atoms with E-state index in [-0.39, 0.29) is 36.3 Å². The number of alkyl halides is 1. The van der Waals surface area contributed by atoms with Gasteiger partial charge in [-0.25, -0.2) is 8.42 Å². The zero-order valence-corrected chi connectivity index (χ0v) is 23.7. The highest BCUT2D eigenvalue weighted by molar-refractivity contribution is 7.91. The Kier molecular flexibility index (Phi) is 11.2. The molecule has 2 atom stereocenters. The van der Waals surface area contributed by atoms with Crippen molar-refractivity contribution in [1.29, 1.82) is 0 Å². The van der Waals surface area contributed by atoms with Crippen molar-refractivity contribution in [1.82, 2.24) is 0 Å². The second-order valence-corrected chi connectivity index (χ2v) is 12.3. The molecule has 0 aliphatic heterocycles. The molecule has 0 aliphatic rings. The Hall–Kier alpha value is -1.71. The van der Waals surface area contributed by atoms with E-state index >= 15 is 0 Å². The minimum absolute atomic E-state index is 0.00575. The quantitative estimate of drug-likeness (QED) is 0.261. The number of hydrogen-bond acceptors (Lipinski definition) is 7. The third-order valence-electron chi connectivity index (χ3n) is 5.54. The van der Waals surface area contributed by atoms with E-state index in [4.69, 9.17) is 49.0 Å². The third kappa shape index (κ3) is 8.70. The highest BCUT2D eigenvalue weighted by atomic mass is 35.5. The van der Waals surface area contributed by atoms with E-state index in [1.54, 1.807) is 24.3 Å². The van der Waals surface area contributed by atoms with Gasteiger partial charge in [0.25, 0.3) is 0 Å². The van der Waals surface area contributed by atoms with Gasteiger partial charge in [0.05, 0.1) is 21.7 Å². The molecule has 0 amide bonds. The highest BCUT2D eigenvalue weighted by Gasteiger charge is 2.26. The van der Waals surface area contributed by atoms with Crippen LogP contribution in [-0.2, 0) is 24.8 Å². The summed E-state index contributed by atoms with van der Waals surface area (Å²) in [5.74, 6) is 0.00630. The number of benzene rings is 2. The van der Waals surface area contributed by atoms with Crippen LogP contribution in [0.1, 0.15) is 38.8 Å². The lowest BCUT2D eigenvalue weighted by atomic mass is 9.78. The molecule has 36 heavy (non-hydrogen) atoms. The standard InChI is InChI=1S/C25H31Cl3O7S/c1-5-36(31,32)15-19(30)13-33-20-8-6-17(7-9-20)25(3,4)18-10-22(27)24(23(28)11-18)34-14-21(12-26)35-16(2)29/h6-11,19,21,30H,5,12-15H2,1-4H3/t19-,21-/m1/s1. The summed E-state index contributed by atoms with van der Waals surface area (Å²) in [5, 5.41) is 10.5. The molecule has 0 heterocycles. The van der Waals surface area contributed by atoms with Crippen molar-refractivity contribution >= 4 is 50.6 Å². The molecule has 0 radical (unpaired) electrons. The fraction of sp³-hybridized carbons (Fsp3) is 0.480. The van der Waals surface area contributed by atoms with Crippen LogP contribution < -0.4 is 9.47 Å². The maximum atomic E-state index is 11.6. The SMILES string of the molecule is CCS(=O)(=O)C[C@H](O)COc1ccc(C(C)(C)c2cc(Cl)c(OC[C@@H](CCl)OC(C)=O)c(Cl)c2)cc1. The fourth-order valence-electron chi connectivity index (χ4n) is 3.37. The first kappa shape index (κ1) is 30.5. The second-order valence-electron chi connectivity index (χ2n) is 8.78. The number of hydrogen-bond donors (Lipinski definition) is 1. The summed E-state index contributed by atoms with van der Waals surface area (Å²) >= 11 is 18.8. The molecule has 2 rings (SSSR count). The predicted molar refractivity (Wildman–Crippen MR) is 143 cm³/mol. The van der Waals surface area contributed by atoms with Gasteiger partial charge in [-0.05, 0) is 35.4 Å². The van der Waals surface area contributed by atoms with Gasteiger partial charge in [-0.15, -0.1) is 11.6 Å². The molecule has 11 heteroatoms. The third-order valence-corrected chi connectivity index (χ3v) is 8.22. The number of aliphatic hydroxyl groups is 1. The van der Waals surface area contributed by atoms with Gasteiger partial charge < -0.3 is 19.3 Å². The van der Waals surface area contributed by atoms with Gasteiger partial charge in [0.2, 0.25) is 0 Å². The number of halogens is 3. The minimum Gasteiger partial charge on any atom is -0.491 e. The van der Waals surface area contributed by atoms with Gasteiger partial charge in [-0.3, -0.25) is 4.79 Å². The molecular weight excluding hydrogens is 551 g/mol. The molecule has 2 aromatic rings. The second kappa shape index (κ2) is 13.2. The minimum atomic E-state index is -3.29. The van der Waals surface area contributed by atoms with Crippen LogP contribution in [0.25, 0.3) is 0 Å². The van der Waals surface area contributed by atoms with Crippen LogP contribution >= 0.6 is 34.8 Å². The number of aliphatic hydroxyl groups excluding tert-OH is 1. The van der Waals surface area contributed by atoms with Gasteiger partial charge in [-0.2, -0.15) is 0 Å². The maximum Gasteiger partial charge on any atom is 0.303 e. The molecule has 0 aliphatic carbocycles. The van der Waals surface area contributed by atoms with Crippen molar-refractivity contribution in [2.24, 2.45) is 0 Å². The Labute approximate surface area is 227 Å². The van der Waals surface area contributed by atoms with Gasteiger partial charge in [0.1, 0.15) is 31.2 Å². The predicted octanol–water partition coefficient (Wildman–Crippen LogP) is 5.04. The summed E-state index contributed by atoms with van der Waals surface area (Å²) in [7, 11) is -3.29. The molecule has 0 unspecified atom stereocenters. The van der Waals surface area contributed by atoms with Crippen molar-refractivity contribution in [3.8, 4) is 11.5 Å². The number of carbonyl (C=O) groups excluding carboxylic acids is 1. The molecule has 1 N–H and O–H groups in total. The molecule has 200 valence electrons. The van der Waals surface area contributed by atoms with Crippen molar-refractivity contribution in [3.63, 3.8) is 0 Å². The van der Waals surface area contributed by atoms with E-state index in [0.29, 0.717) is 15.8 Å². The number of ether oxygens (including phenoxy) is 3. The van der Waals surface area contributed by atoms with Crippen LogP contribution in [0.4, 0.5) is 0 Å². The van der Waals surface area contributed by atoms with E-state index in [9.17, 15) is 18.3 Å². The van der Waals surface area contributed by atoms with E-state index in [2.05, 4.69) is 0 Å². The molecule has 7 nitrogen and oxygen atoms in total. The normalized spacial score (nSPS) is 13.7. The zero-order chi connectivity index (χ0) is 27.1. The van der Waals surface area contributed by atoms with Crippen LogP contribution in [0.2, 0.25) is 10.0 Å². The zero-order valence-electron chi connectivity index (χ0n) is 20.6. The smallest absolute Gasteiger partial charge is 0.303 e. The van der Waals surface area contributed by atoms with Crippen molar-refractivity contribution in [2.75, 3.05) is 30.6 Å². The summed E-state index contributed by atoms with van der Waals surface area (Å²) in [4.78, 5) is 11.2. The van der Waals surface area contributed by atoms with Gasteiger partial charge in [0, 0.05) is 18.1 Å². The largest absolute Gasteiger partial charge is 0.491 e. The number of esters is 1. The Balaban J connectivity index is 2.11. The lowest BCUT2D eigenvalue weighted by molar-refractivity contribution is -0.146. The van der Waals surface area contributed by atoms with Crippen LogP contribution in [0.3, 0.4) is 0 Å². The Morgan fingerprint density at radius 3 is 2.11 bits per heavy atom. The van der Waals surface area contributed by atoms with E-state index in [0.717, 1.165) is 11.1 Å². The Morgan fingerprint density at radius 1 is 1.03 bits per heavy atom. The first-order valence-corrected chi connectivity index (χ1v) is 14.4. The molecule has 0 saturated heterocycles. The van der Waals surface area contributed by atoms with Crippen LogP contribution in [0.15, 0.2) is 36.4 Å². The summed E-state index contributed by atoms with van der Waals surface area (Å²) < 4.78 is 39.6. The monoisotopic (exact) mass is 580 g/mol. The van der Waals surface area contributed by atoms with Gasteiger partial charge >= 0.3 is 5.97 Å². The highest BCUT2D eigenvalue weighted by Crippen LogP contribution is 2.40. The first-order chi connectivity index (χ1) is 16.8. The number of sulfone groups is 1. The number of rotatable bonds is 13. The average molecular weight is 582 g/mol. The average Bonchev–Trinajstić information content (AvgIpc) is 2.81. The van der Waals surface area contributed by atoms with Gasteiger partial charge in [-0.1, -0.05) is 56.1 Å². The van der Waals surface area contributed by atoms with Gasteiger partial charge in [0.15, 0.2) is 15.6 Å². The molecule has 2 aromatic carbocycles. The Morgan fingerprint density at radius 2 is 1.61 bits per heavy atom. The fourth-order valence-corrected chi connectivity index (χ4v) is 5.03. The molecular formula is C25H31Cl3O7S. The molecule has 0 fully saturated rings. The molecule has 0 bridgehead atoms. The topological polar surface area (TPSA) is 99.1 Å². The maximum absolute atomic E-state index is 11.6. The summed E-state index contributed by atoms with van der Waals surface area (Å²) in [6.07, 6.45) is -1.74. The first-order valence-electron chi connectivity index (χ1n) is 11.3. The lowest BCUT2D eigenvalue weighted by Crippen LogP contribution is -2.28. The molecule has 0 spiro atoms. The van der Waals surface area contributed by atoms with Crippen molar-refractivity contribution in [2.45, 2.75) is 45.3 Å².